The summed E-state index contributed by atoms with van der Waals surface area (Å²) in [5.41, 5.74) is 0.427. The van der Waals surface area contributed by atoms with Gasteiger partial charge in [-0.2, -0.15) is 0 Å². The topological polar surface area (TPSA) is 89.5 Å². The molecular formula is C25H28N4O5. The summed E-state index contributed by atoms with van der Waals surface area (Å²) < 4.78 is 20.5. The van der Waals surface area contributed by atoms with Crippen LogP contribution in [-0.4, -0.2) is 40.0 Å². The molecular weight excluding hydrogens is 436 g/mol. The molecule has 3 aromatic rings. The lowest BCUT2D eigenvalue weighted by Gasteiger charge is -2.12. The lowest BCUT2D eigenvalue weighted by molar-refractivity contribution is 0.324. The van der Waals surface area contributed by atoms with E-state index in [1.807, 2.05) is 6.08 Å². The molecule has 0 atom stereocenters. The predicted octanol–water partition coefficient (Wildman–Crippen LogP) is 3.11. The van der Waals surface area contributed by atoms with Crippen LogP contribution in [0.25, 0.3) is 23.3 Å². The normalized spacial score (nSPS) is 11.0. The first kappa shape index (κ1) is 24.4. The highest BCUT2D eigenvalue weighted by molar-refractivity contribution is 5.77. The van der Waals surface area contributed by atoms with Gasteiger partial charge >= 0.3 is 5.69 Å². The molecule has 34 heavy (non-hydrogen) atoms. The maximum absolute atomic E-state index is 13.2. The SMILES string of the molecule is C=CCn1c(=O)c2c(nc(C=Cc3cc(OC)c(OC)c(OC)c3)n2CC=C)n(CC=C)c1=O. The van der Waals surface area contributed by atoms with E-state index in [0.717, 1.165) is 10.1 Å². The van der Waals surface area contributed by atoms with Crippen molar-refractivity contribution >= 4 is 23.3 Å². The fourth-order valence-corrected chi connectivity index (χ4v) is 3.70. The van der Waals surface area contributed by atoms with Crippen LogP contribution in [0.4, 0.5) is 0 Å². The Balaban J connectivity index is 2.27. The standard InChI is InChI=1S/C25H28N4O5/c1-7-12-27-20(11-10-17-15-18(32-4)22(34-6)19(16-17)33-5)26-23-21(27)24(30)29(14-9-3)25(31)28(23)13-8-2/h7-11,15-16H,1-3,12-14H2,4-6H3. The fraction of sp³-hybridized carbons (Fsp3) is 0.240. The maximum atomic E-state index is 13.2. The lowest BCUT2D eigenvalue weighted by Crippen LogP contribution is -2.40. The monoisotopic (exact) mass is 464 g/mol. The zero-order valence-corrected chi connectivity index (χ0v) is 19.6. The van der Waals surface area contributed by atoms with Gasteiger partial charge in [0, 0.05) is 19.6 Å². The number of methoxy groups -OCH3 is 3. The van der Waals surface area contributed by atoms with Crippen molar-refractivity contribution in [2.24, 2.45) is 0 Å². The number of hydrogen-bond acceptors (Lipinski definition) is 6. The molecule has 0 unspecified atom stereocenters. The van der Waals surface area contributed by atoms with E-state index in [4.69, 9.17) is 14.2 Å². The molecule has 1 aromatic carbocycles. The fourth-order valence-electron chi connectivity index (χ4n) is 3.70. The maximum Gasteiger partial charge on any atom is 0.333 e. The Kier molecular flexibility index (Phi) is 7.57. The Labute approximate surface area is 197 Å². The Hall–Kier alpha value is -4.27. The highest BCUT2D eigenvalue weighted by Gasteiger charge is 2.20. The van der Waals surface area contributed by atoms with Crippen molar-refractivity contribution in [1.82, 2.24) is 18.7 Å². The van der Waals surface area contributed by atoms with Gasteiger partial charge in [0.15, 0.2) is 22.7 Å². The first-order valence-corrected chi connectivity index (χ1v) is 10.5. The van der Waals surface area contributed by atoms with Crippen LogP contribution in [0.2, 0.25) is 0 Å². The molecule has 178 valence electrons. The number of nitrogens with zero attached hydrogens (tertiary/aromatic N) is 4. The minimum Gasteiger partial charge on any atom is -0.493 e. The van der Waals surface area contributed by atoms with Crippen molar-refractivity contribution in [2.45, 2.75) is 19.6 Å². The third-order valence-corrected chi connectivity index (χ3v) is 5.19. The van der Waals surface area contributed by atoms with Gasteiger partial charge in [-0.25, -0.2) is 9.78 Å². The molecule has 0 saturated heterocycles. The molecule has 0 aliphatic carbocycles. The molecule has 0 bridgehead atoms. The van der Waals surface area contributed by atoms with Crippen molar-refractivity contribution < 1.29 is 14.2 Å². The zero-order chi connectivity index (χ0) is 24.8. The Bertz CT molecular complexity index is 1370. The summed E-state index contributed by atoms with van der Waals surface area (Å²) in [6.45, 7) is 11.8. The smallest absolute Gasteiger partial charge is 0.333 e. The summed E-state index contributed by atoms with van der Waals surface area (Å²) >= 11 is 0. The molecule has 0 amide bonds. The molecule has 0 spiro atoms. The second-order valence-corrected chi connectivity index (χ2v) is 7.22. The molecule has 2 aromatic heterocycles. The number of allylic oxidation sites excluding steroid dienone is 3. The average Bonchev–Trinajstić information content (AvgIpc) is 3.20. The highest BCUT2D eigenvalue weighted by Crippen LogP contribution is 2.38. The van der Waals surface area contributed by atoms with E-state index in [9.17, 15) is 9.59 Å². The van der Waals surface area contributed by atoms with Crippen molar-refractivity contribution in [3.63, 3.8) is 0 Å². The van der Waals surface area contributed by atoms with Gasteiger partial charge in [0.1, 0.15) is 5.82 Å². The molecule has 0 fully saturated rings. The van der Waals surface area contributed by atoms with Gasteiger partial charge in [-0.1, -0.05) is 24.3 Å². The van der Waals surface area contributed by atoms with Crippen LogP contribution in [0.15, 0.2) is 59.7 Å². The number of hydrogen-bond donors (Lipinski definition) is 0. The minimum atomic E-state index is -0.472. The number of fused-ring (bicyclic) bond motifs is 1. The van der Waals surface area contributed by atoms with Gasteiger partial charge in [-0.3, -0.25) is 13.9 Å². The van der Waals surface area contributed by atoms with Crippen LogP contribution >= 0.6 is 0 Å². The molecule has 0 aliphatic rings. The van der Waals surface area contributed by atoms with Crippen LogP contribution in [-0.2, 0) is 19.6 Å². The lowest BCUT2D eigenvalue weighted by atomic mass is 10.1. The molecule has 0 aliphatic heterocycles. The number of rotatable bonds is 11. The summed E-state index contributed by atoms with van der Waals surface area (Å²) in [5.74, 6) is 1.98. The molecule has 0 saturated carbocycles. The van der Waals surface area contributed by atoms with Crippen molar-refractivity contribution in [2.75, 3.05) is 21.3 Å². The minimum absolute atomic E-state index is 0.0840. The van der Waals surface area contributed by atoms with Crippen molar-refractivity contribution in [3.05, 3.63) is 82.3 Å². The van der Waals surface area contributed by atoms with Gasteiger partial charge in [-0.15, -0.1) is 19.7 Å². The van der Waals surface area contributed by atoms with E-state index in [0.29, 0.717) is 35.1 Å². The highest BCUT2D eigenvalue weighted by atomic mass is 16.5. The predicted molar refractivity (Wildman–Crippen MR) is 134 cm³/mol. The van der Waals surface area contributed by atoms with E-state index in [-0.39, 0.29) is 18.7 Å². The van der Waals surface area contributed by atoms with Crippen LogP contribution < -0.4 is 25.5 Å². The number of imidazole rings is 1. The number of ether oxygens (including phenoxy) is 3. The zero-order valence-electron chi connectivity index (χ0n) is 19.6. The van der Waals surface area contributed by atoms with Gasteiger partial charge in [0.05, 0.1) is 21.3 Å². The molecule has 2 heterocycles. The summed E-state index contributed by atoms with van der Waals surface area (Å²) in [7, 11) is 4.62. The van der Waals surface area contributed by atoms with Crippen molar-refractivity contribution in [3.8, 4) is 17.2 Å². The van der Waals surface area contributed by atoms with Crippen LogP contribution in [0, 0.1) is 0 Å². The number of aromatic nitrogens is 4. The Morgan fingerprint density at radius 2 is 1.38 bits per heavy atom. The summed E-state index contributed by atoms with van der Waals surface area (Å²) in [5, 5.41) is 0. The quantitative estimate of drug-likeness (QED) is 0.405. The summed E-state index contributed by atoms with van der Waals surface area (Å²) in [6, 6.07) is 3.59. The van der Waals surface area contributed by atoms with Gasteiger partial charge in [0.2, 0.25) is 5.75 Å². The Morgan fingerprint density at radius 3 is 1.91 bits per heavy atom. The third kappa shape index (κ3) is 4.32. The van der Waals surface area contributed by atoms with Gasteiger partial charge in [-0.05, 0) is 23.8 Å². The largest absolute Gasteiger partial charge is 0.493 e. The van der Waals surface area contributed by atoms with Gasteiger partial charge in [0.25, 0.3) is 5.56 Å². The van der Waals surface area contributed by atoms with Crippen LogP contribution in [0.5, 0.6) is 17.2 Å². The first-order chi connectivity index (χ1) is 16.4. The number of benzene rings is 1. The van der Waals surface area contributed by atoms with Gasteiger partial charge < -0.3 is 18.8 Å². The second kappa shape index (κ2) is 10.6. The van der Waals surface area contributed by atoms with E-state index in [1.165, 1.54) is 17.8 Å². The van der Waals surface area contributed by atoms with E-state index in [1.54, 1.807) is 49.1 Å². The Morgan fingerprint density at radius 1 is 0.824 bits per heavy atom. The third-order valence-electron chi connectivity index (χ3n) is 5.19. The van der Waals surface area contributed by atoms with Crippen LogP contribution in [0.1, 0.15) is 11.4 Å². The van der Waals surface area contributed by atoms with E-state index in [2.05, 4.69) is 24.7 Å². The molecule has 9 heteroatoms. The summed E-state index contributed by atoms with van der Waals surface area (Å²) in [4.78, 5) is 30.8. The van der Waals surface area contributed by atoms with Crippen molar-refractivity contribution in [1.29, 1.82) is 0 Å². The average molecular weight is 465 g/mol. The van der Waals surface area contributed by atoms with E-state index >= 15 is 0 Å². The van der Waals surface area contributed by atoms with Crippen LogP contribution in [0.3, 0.4) is 0 Å². The first-order valence-electron chi connectivity index (χ1n) is 10.5. The van der Waals surface area contributed by atoms with E-state index < -0.39 is 11.2 Å². The second-order valence-electron chi connectivity index (χ2n) is 7.22. The molecule has 3 rings (SSSR count). The molecule has 9 nitrogen and oxygen atoms in total. The molecule has 0 radical (unpaired) electrons. The summed E-state index contributed by atoms with van der Waals surface area (Å²) in [6.07, 6.45) is 8.32. The molecule has 0 N–H and O–H groups in total.